The first-order valence-electron chi connectivity index (χ1n) is 11.6. The van der Waals surface area contributed by atoms with Crippen molar-refractivity contribution in [2.75, 3.05) is 33.9 Å². The molecule has 0 bridgehead atoms. The molecule has 3 aromatic rings. The van der Waals surface area contributed by atoms with Crippen molar-refractivity contribution in [3.05, 3.63) is 57.9 Å². The molecule has 1 amide bonds. The first-order valence-corrected chi connectivity index (χ1v) is 13.8. The first-order chi connectivity index (χ1) is 16.7. The topological polar surface area (TPSA) is 90.2 Å². The average molecular weight is 518 g/mol. The number of hydrogen-bond donors (Lipinski definition) is 0. The predicted molar refractivity (Wildman–Crippen MR) is 136 cm³/mol. The van der Waals surface area contributed by atoms with Gasteiger partial charge in [0.05, 0.1) is 27.8 Å². The summed E-state index contributed by atoms with van der Waals surface area (Å²) in [6.45, 7) is 6.13. The average Bonchev–Trinajstić information content (AvgIpc) is 3.45. The molecule has 0 saturated carbocycles. The summed E-state index contributed by atoms with van der Waals surface area (Å²) in [4.78, 5) is 18.1. The number of thiazole rings is 1. The number of carbonyl (C=O) groups excluding carboxylic acids is 1. The summed E-state index contributed by atoms with van der Waals surface area (Å²) in [5.41, 5.74) is 3.62. The van der Waals surface area contributed by atoms with E-state index in [0.717, 1.165) is 34.2 Å². The minimum Gasteiger partial charge on any atom is -0.383 e. The Morgan fingerprint density at radius 2 is 2.00 bits per heavy atom. The fourth-order valence-electron chi connectivity index (χ4n) is 4.27. The maximum atomic E-state index is 13.0. The Morgan fingerprint density at radius 3 is 2.66 bits per heavy atom. The highest BCUT2D eigenvalue weighted by Gasteiger charge is 2.26. The fourth-order valence-corrected chi connectivity index (χ4v) is 6.58. The van der Waals surface area contributed by atoms with Crippen molar-refractivity contribution >= 4 is 37.5 Å². The summed E-state index contributed by atoms with van der Waals surface area (Å²) >= 11 is 1.46. The molecule has 4 rings (SSSR count). The van der Waals surface area contributed by atoms with Gasteiger partial charge in [-0.25, -0.2) is 8.42 Å². The molecule has 1 aliphatic rings. The van der Waals surface area contributed by atoms with Gasteiger partial charge in [0.1, 0.15) is 0 Å². The lowest BCUT2D eigenvalue weighted by atomic mass is 10.1. The summed E-state index contributed by atoms with van der Waals surface area (Å²) in [5, 5.41) is 0. The van der Waals surface area contributed by atoms with E-state index in [1.54, 1.807) is 14.2 Å². The molecule has 2 heterocycles. The van der Waals surface area contributed by atoms with Crippen LogP contribution in [0.15, 0.2) is 46.3 Å². The molecular formula is C25H31N3O5S2. The maximum Gasteiger partial charge on any atom is 0.279 e. The van der Waals surface area contributed by atoms with Gasteiger partial charge < -0.3 is 14.0 Å². The third kappa shape index (κ3) is 5.57. The molecule has 35 heavy (non-hydrogen) atoms. The molecule has 0 radical (unpaired) electrons. The van der Waals surface area contributed by atoms with Gasteiger partial charge in [0.15, 0.2) is 4.80 Å². The van der Waals surface area contributed by atoms with Crippen molar-refractivity contribution in [2.45, 2.75) is 44.2 Å². The fraction of sp³-hybridized carbons (Fsp3) is 0.440. The molecule has 1 unspecified atom stereocenters. The minimum atomic E-state index is -3.68. The molecule has 1 saturated heterocycles. The van der Waals surface area contributed by atoms with Crippen molar-refractivity contribution in [1.29, 1.82) is 0 Å². The van der Waals surface area contributed by atoms with Crippen LogP contribution in [0.2, 0.25) is 0 Å². The number of aromatic nitrogens is 1. The number of amides is 1. The number of carbonyl (C=O) groups is 1. The Balaban J connectivity index is 1.61. The second-order valence-corrected chi connectivity index (χ2v) is 11.8. The predicted octanol–water partition coefficient (Wildman–Crippen LogP) is 3.51. The molecule has 0 spiro atoms. The number of fused-ring (bicyclic) bond motifs is 1. The Kier molecular flexibility index (Phi) is 7.87. The van der Waals surface area contributed by atoms with Crippen molar-refractivity contribution in [3.8, 4) is 0 Å². The van der Waals surface area contributed by atoms with Gasteiger partial charge in [-0.05, 0) is 68.1 Å². The Bertz CT molecular complexity index is 1380. The highest BCUT2D eigenvalue weighted by atomic mass is 32.2. The van der Waals surface area contributed by atoms with Gasteiger partial charge in [-0.1, -0.05) is 17.4 Å². The van der Waals surface area contributed by atoms with Crippen molar-refractivity contribution in [1.82, 2.24) is 8.87 Å². The monoisotopic (exact) mass is 517 g/mol. The van der Waals surface area contributed by atoms with E-state index in [1.165, 1.54) is 39.9 Å². The van der Waals surface area contributed by atoms with E-state index in [-0.39, 0.29) is 11.0 Å². The summed E-state index contributed by atoms with van der Waals surface area (Å²) in [6, 6.07) is 10.1. The highest BCUT2D eigenvalue weighted by molar-refractivity contribution is 7.89. The van der Waals surface area contributed by atoms with Crippen LogP contribution in [0.5, 0.6) is 0 Å². The largest absolute Gasteiger partial charge is 0.383 e. The second kappa shape index (κ2) is 10.7. The SMILES string of the molecule is COCCn1c(=NC(=O)c2ccc(S(=O)(=O)N(C)CC3CCCO3)cc2)sc2c(C)cc(C)cc21. The quantitative estimate of drug-likeness (QED) is 0.456. The lowest BCUT2D eigenvalue weighted by molar-refractivity contribution is 0.0979. The second-order valence-electron chi connectivity index (χ2n) is 8.82. The molecule has 8 nitrogen and oxygen atoms in total. The maximum absolute atomic E-state index is 13.0. The summed E-state index contributed by atoms with van der Waals surface area (Å²) < 4.78 is 41.1. The number of ether oxygens (including phenoxy) is 2. The van der Waals surface area contributed by atoms with Crippen LogP contribution < -0.4 is 4.80 Å². The summed E-state index contributed by atoms with van der Waals surface area (Å²) in [6.07, 6.45) is 1.73. The van der Waals surface area contributed by atoms with E-state index < -0.39 is 15.9 Å². The number of benzene rings is 2. The van der Waals surface area contributed by atoms with Gasteiger partial charge in [-0.3, -0.25) is 4.79 Å². The Morgan fingerprint density at radius 1 is 1.26 bits per heavy atom. The molecule has 188 valence electrons. The van der Waals surface area contributed by atoms with Crippen LogP contribution in [0, 0.1) is 13.8 Å². The third-order valence-electron chi connectivity index (χ3n) is 6.12. The number of aryl methyl sites for hydroxylation is 2. The van der Waals surface area contributed by atoms with Crippen LogP contribution in [-0.2, 0) is 26.0 Å². The summed E-state index contributed by atoms with van der Waals surface area (Å²) in [7, 11) is -0.484. The Hall–Kier alpha value is -2.37. The molecular weight excluding hydrogens is 486 g/mol. The number of rotatable bonds is 8. The van der Waals surface area contributed by atoms with E-state index in [0.29, 0.717) is 36.7 Å². The number of nitrogens with zero attached hydrogens (tertiary/aromatic N) is 3. The van der Waals surface area contributed by atoms with Crippen LogP contribution in [0.25, 0.3) is 10.2 Å². The molecule has 0 N–H and O–H groups in total. The molecule has 0 aliphatic carbocycles. The molecule has 1 atom stereocenters. The number of methoxy groups -OCH3 is 1. The number of likely N-dealkylation sites (N-methyl/N-ethyl adjacent to an activating group) is 1. The van der Waals surface area contributed by atoms with Gasteiger partial charge in [0, 0.05) is 39.4 Å². The normalized spacial score (nSPS) is 17.1. The van der Waals surface area contributed by atoms with Crippen LogP contribution in [0.1, 0.15) is 34.3 Å². The van der Waals surface area contributed by atoms with Crippen molar-refractivity contribution in [3.63, 3.8) is 0 Å². The molecule has 1 aromatic heterocycles. The van der Waals surface area contributed by atoms with Crippen LogP contribution >= 0.6 is 11.3 Å². The van der Waals surface area contributed by atoms with E-state index in [1.807, 2.05) is 18.4 Å². The zero-order valence-electron chi connectivity index (χ0n) is 20.5. The third-order valence-corrected chi connectivity index (χ3v) is 9.19. The standard InChI is InChI=1S/C25H31N3O5S2/c1-17-14-18(2)23-22(15-17)28(11-13-32-4)25(34-23)26-24(29)19-7-9-21(10-8-19)35(30,31)27(3)16-20-6-5-12-33-20/h7-10,14-15,20H,5-6,11-13,16H2,1-4H3. The number of hydrogen-bond acceptors (Lipinski definition) is 6. The first kappa shape index (κ1) is 25.7. The molecule has 1 fully saturated rings. The van der Waals surface area contributed by atoms with Gasteiger partial charge >= 0.3 is 0 Å². The minimum absolute atomic E-state index is 0.0760. The lowest BCUT2D eigenvalue weighted by Gasteiger charge is -2.20. The molecule has 1 aliphatic heterocycles. The van der Waals surface area contributed by atoms with Gasteiger partial charge in [-0.2, -0.15) is 9.30 Å². The van der Waals surface area contributed by atoms with Crippen LogP contribution in [-0.4, -0.2) is 63.2 Å². The van der Waals surface area contributed by atoms with E-state index in [2.05, 4.69) is 17.1 Å². The zero-order valence-corrected chi connectivity index (χ0v) is 22.1. The van der Waals surface area contributed by atoms with E-state index >= 15 is 0 Å². The summed E-state index contributed by atoms with van der Waals surface area (Å²) in [5.74, 6) is -0.422. The van der Waals surface area contributed by atoms with Gasteiger partial charge in [-0.15, -0.1) is 0 Å². The van der Waals surface area contributed by atoms with Gasteiger partial charge in [0.25, 0.3) is 5.91 Å². The van der Waals surface area contributed by atoms with E-state index in [4.69, 9.17) is 9.47 Å². The van der Waals surface area contributed by atoms with Crippen LogP contribution in [0.4, 0.5) is 0 Å². The zero-order chi connectivity index (χ0) is 25.2. The van der Waals surface area contributed by atoms with Crippen LogP contribution in [0.3, 0.4) is 0 Å². The highest BCUT2D eigenvalue weighted by Crippen LogP contribution is 2.24. The smallest absolute Gasteiger partial charge is 0.279 e. The Labute approximate surface area is 209 Å². The van der Waals surface area contributed by atoms with Crippen molar-refractivity contribution in [2.24, 2.45) is 4.99 Å². The lowest BCUT2D eigenvalue weighted by Crippen LogP contribution is -2.34. The molecule has 10 heteroatoms. The number of sulfonamides is 1. The van der Waals surface area contributed by atoms with Gasteiger partial charge in [0.2, 0.25) is 10.0 Å². The van der Waals surface area contributed by atoms with Crippen molar-refractivity contribution < 1.29 is 22.7 Å². The molecule has 2 aromatic carbocycles. The van der Waals surface area contributed by atoms with E-state index in [9.17, 15) is 13.2 Å².